The van der Waals surface area contributed by atoms with Gasteiger partial charge in [0, 0.05) is 13.0 Å². The number of rotatable bonds is 2. The van der Waals surface area contributed by atoms with Crippen LogP contribution < -0.4 is 10.6 Å². The molecule has 1 heterocycles. The third-order valence-electron chi connectivity index (χ3n) is 2.82. The van der Waals surface area contributed by atoms with Crippen molar-refractivity contribution in [3.05, 3.63) is 22.2 Å². The Labute approximate surface area is 115 Å². The smallest absolute Gasteiger partial charge is 0.227 e. The van der Waals surface area contributed by atoms with Crippen LogP contribution in [0.4, 0.5) is 11.4 Å². The van der Waals surface area contributed by atoms with Crippen molar-refractivity contribution in [1.29, 1.82) is 0 Å². The molecule has 6 heteroatoms. The van der Waals surface area contributed by atoms with Gasteiger partial charge >= 0.3 is 0 Å². The van der Waals surface area contributed by atoms with Crippen LogP contribution in [0.3, 0.4) is 0 Å². The number of anilines is 2. The first kappa shape index (κ1) is 12.9. The number of hydrogen-bond acceptors (Lipinski definition) is 3. The van der Waals surface area contributed by atoms with Crippen LogP contribution in [-0.4, -0.2) is 18.2 Å². The van der Waals surface area contributed by atoms with Crippen LogP contribution in [0, 0.1) is 5.92 Å². The number of amides is 1. The molecular weight excluding hydrogens is 279 g/mol. The first-order valence-corrected chi connectivity index (χ1v) is 6.57. The summed E-state index contributed by atoms with van der Waals surface area (Å²) in [5, 5.41) is 0.795. The maximum absolute atomic E-state index is 11.9. The second kappa shape index (κ2) is 4.96. The first-order valence-electron chi connectivity index (χ1n) is 5.18. The molecule has 0 aromatic heterocycles. The van der Waals surface area contributed by atoms with E-state index in [0.29, 0.717) is 40.1 Å². The highest BCUT2D eigenvalue weighted by Gasteiger charge is 2.31. The summed E-state index contributed by atoms with van der Waals surface area (Å²) in [6.45, 7) is 0.629. The third-order valence-corrected chi connectivity index (χ3v) is 4.06. The van der Waals surface area contributed by atoms with E-state index in [4.69, 9.17) is 28.9 Å². The highest BCUT2D eigenvalue weighted by molar-refractivity contribution is 7.80. The van der Waals surface area contributed by atoms with E-state index >= 15 is 0 Å². The van der Waals surface area contributed by atoms with Crippen molar-refractivity contribution >= 4 is 53.1 Å². The molecule has 92 valence electrons. The molecule has 0 radical (unpaired) electrons. The Morgan fingerprint density at radius 1 is 1.41 bits per heavy atom. The van der Waals surface area contributed by atoms with Crippen molar-refractivity contribution in [2.24, 2.45) is 5.92 Å². The lowest BCUT2D eigenvalue weighted by molar-refractivity contribution is -0.117. The lowest BCUT2D eigenvalue weighted by Crippen LogP contribution is -2.25. The Kier molecular flexibility index (Phi) is 3.76. The van der Waals surface area contributed by atoms with Crippen LogP contribution in [0.15, 0.2) is 12.1 Å². The minimum Gasteiger partial charge on any atom is -0.397 e. The summed E-state index contributed by atoms with van der Waals surface area (Å²) in [5.41, 5.74) is 6.96. The Balaban J connectivity index is 2.35. The Bertz CT molecular complexity index is 467. The molecule has 0 bridgehead atoms. The van der Waals surface area contributed by atoms with E-state index in [9.17, 15) is 4.79 Å². The lowest BCUT2D eigenvalue weighted by Gasteiger charge is -2.19. The Morgan fingerprint density at radius 3 is 2.65 bits per heavy atom. The van der Waals surface area contributed by atoms with E-state index in [0.717, 1.165) is 0 Å². The zero-order chi connectivity index (χ0) is 12.6. The van der Waals surface area contributed by atoms with E-state index in [1.165, 1.54) is 0 Å². The predicted molar refractivity (Wildman–Crippen MR) is 75.2 cm³/mol. The summed E-state index contributed by atoms with van der Waals surface area (Å²) < 4.78 is 0. The molecule has 1 aromatic carbocycles. The highest BCUT2D eigenvalue weighted by Crippen LogP contribution is 2.36. The molecule has 1 saturated heterocycles. The van der Waals surface area contributed by atoms with Crippen LogP contribution in [0.25, 0.3) is 0 Å². The van der Waals surface area contributed by atoms with Crippen molar-refractivity contribution in [2.75, 3.05) is 22.9 Å². The zero-order valence-electron chi connectivity index (χ0n) is 8.99. The standard InChI is InChI=1S/C11H12Cl2N2OS/c12-7-2-9(14)10(3-8(7)13)15-4-6(5-17)1-11(15)16/h2-3,6,17H,1,4-5,14H2. The SMILES string of the molecule is Nc1cc(Cl)c(Cl)cc1N1CC(CS)CC1=O. The predicted octanol–water partition coefficient (Wildman–Crippen LogP) is 2.86. The number of thiol groups is 1. The normalized spacial score (nSPS) is 20.1. The molecule has 1 unspecified atom stereocenters. The van der Waals surface area contributed by atoms with Crippen molar-refractivity contribution in [2.45, 2.75) is 6.42 Å². The van der Waals surface area contributed by atoms with Crippen LogP contribution in [0.5, 0.6) is 0 Å². The highest BCUT2D eigenvalue weighted by atomic mass is 35.5. The maximum Gasteiger partial charge on any atom is 0.227 e. The Hall–Kier alpha value is -0.580. The van der Waals surface area contributed by atoms with Gasteiger partial charge in [-0.2, -0.15) is 12.6 Å². The third kappa shape index (κ3) is 2.49. The van der Waals surface area contributed by atoms with Crippen molar-refractivity contribution in [3.8, 4) is 0 Å². The van der Waals surface area contributed by atoms with Crippen LogP contribution in [0.2, 0.25) is 10.0 Å². The molecule has 1 amide bonds. The first-order chi connectivity index (χ1) is 8.02. The maximum atomic E-state index is 11.9. The molecule has 2 N–H and O–H groups in total. The minimum absolute atomic E-state index is 0.0501. The number of benzene rings is 1. The quantitative estimate of drug-likeness (QED) is 0.650. The number of carbonyl (C=O) groups excluding carboxylic acids is 1. The second-order valence-electron chi connectivity index (χ2n) is 4.08. The van der Waals surface area contributed by atoms with Gasteiger partial charge in [0.1, 0.15) is 0 Å². The fourth-order valence-corrected chi connectivity index (χ4v) is 2.50. The van der Waals surface area contributed by atoms with Gasteiger partial charge in [0.05, 0.1) is 21.4 Å². The fraction of sp³-hybridized carbons (Fsp3) is 0.364. The van der Waals surface area contributed by atoms with E-state index in [-0.39, 0.29) is 11.8 Å². The largest absolute Gasteiger partial charge is 0.397 e. The number of halogens is 2. The molecule has 3 nitrogen and oxygen atoms in total. The molecule has 1 atom stereocenters. The van der Waals surface area contributed by atoms with Gasteiger partial charge < -0.3 is 10.6 Å². The van der Waals surface area contributed by atoms with Gasteiger partial charge in [-0.25, -0.2) is 0 Å². The minimum atomic E-state index is 0.0501. The summed E-state index contributed by atoms with van der Waals surface area (Å²) in [6, 6.07) is 3.21. The lowest BCUT2D eigenvalue weighted by atomic mass is 10.1. The van der Waals surface area contributed by atoms with Gasteiger partial charge in [0.2, 0.25) is 5.91 Å². The number of carbonyl (C=O) groups is 1. The van der Waals surface area contributed by atoms with Gasteiger partial charge in [-0.3, -0.25) is 4.79 Å². The van der Waals surface area contributed by atoms with E-state index in [2.05, 4.69) is 12.6 Å². The molecule has 17 heavy (non-hydrogen) atoms. The molecule has 0 saturated carbocycles. The molecule has 1 aliphatic heterocycles. The number of nitrogens with zero attached hydrogens (tertiary/aromatic N) is 1. The van der Waals surface area contributed by atoms with Crippen molar-refractivity contribution < 1.29 is 4.79 Å². The van der Waals surface area contributed by atoms with Gasteiger partial charge in [-0.15, -0.1) is 0 Å². The zero-order valence-corrected chi connectivity index (χ0v) is 11.4. The summed E-state index contributed by atoms with van der Waals surface area (Å²) in [7, 11) is 0. The summed E-state index contributed by atoms with van der Waals surface area (Å²) in [6.07, 6.45) is 0.503. The van der Waals surface area contributed by atoms with Gasteiger partial charge in [0.25, 0.3) is 0 Å². The van der Waals surface area contributed by atoms with Crippen LogP contribution in [0.1, 0.15) is 6.42 Å². The van der Waals surface area contributed by atoms with Gasteiger partial charge in [0.15, 0.2) is 0 Å². The summed E-state index contributed by atoms with van der Waals surface area (Å²) in [4.78, 5) is 13.5. The monoisotopic (exact) mass is 290 g/mol. The molecular formula is C11H12Cl2N2OS. The van der Waals surface area contributed by atoms with Gasteiger partial charge in [-0.1, -0.05) is 23.2 Å². The Morgan fingerprint density at radius 2 is 2.06 bits per heavy atom. The summed E-state index contributed by atoms with van der Waals surface area (Å²) >= 11 is 16.0. The second-order valence-corrected chi connectivity index (χ2v) is 5.26. The molecule has 2 rings (SSSR count). The topological polar surface area (TPSA) is 46.3 Å². The average Bonchev–Trinajstić information content (AvgIpc) is 2.65. The van der Waals surface area contributed by atoms with E-state index in [1.54, 1.807) is 17.0 Å². The number of hydrogen-bond donors (Lipinski definition) is 2. The summed E-state index contributed by atoms with van der Waals surface area (Å²) in [5.74, 6) is 0.998. The van der Waals surface area contributed by atoms with Crippen molar-refractivity contribution in [1.82, 2.24) is 0 Å². The molecule has 0 spiro atoms. The van der Waals surface area contributed by atoms with Gasteiger partial charge in [-0.05, 0) is 23.8 Å². The molecule has 1 aliphatic rings. The van der Waals surface area contributed by atoms with E-state index in [1.807, 2.05) is 0 Å². The van der Waals surface area contributed by atoms with Crippen LogP contribution in [-0.2, 0) is 4.79 Å². The van der Waals surface area contributed by atoms with Crippen molar-refractivity contribution in [3.63, 3.8) is 0 Å². The number of nitrogens with two attached hydrogens (primary N) is 1. The average molecular weight is 291 g/mol. The van der Waals surface area contributed by atoms with Crippen LogP contribution >= 0.6 is 35.8 Å². The molecule has 0 aliphatic carbocycles. The fourth-order valence-electron chi connectivity index (χ4n) is 1.92. The van der Waals surface area contributed by atoms with E-state index < -0.39 is 0 Å². The number of nitrogen functional groups attached to an aromatic ring is 1. The molecule has 1 aromatic rings. The molecule has 1 fully saturated rings.